The van der Waals surface area contributed by atoms with Gasteiger partial charge in [0.05, 0.1) is 12.0 Å². The van der Waals surface area contributed by atoms with Crippen LogP contribution < -0.4 is 5.32 Å². The molecule has 2 aromatic carbocycles. The first-order chi connectivity index (χ1) is 13.3. The van der Waals surface area contributed by atoms with E-state index < -0.39 is 11.9 Å². The van der Waals surface area contributed by atoms with Gasteiger partial charge in [0.15, 0.2) is 6.61 Å². The van der Waals surface area contributed by atoms with Crippen molar-refractivity contribution < 1.29 is 14.3 Å². The average Bonchev–Trinajstić information content (AvgIpc) is 2.66. The van der Waals surface area contributed by atoms with Crippen LogP contribution in [0.5, 0.6) is 0 Å². The Hall–Kier alpha value is -2.33. The van der Waals surface area contributed by atoms with Crippen LogP contribution in [0, 0.1) is 12.8 Å². The number of halogens is 1. The predicted octanol–water partition coefficient (Wildman–Crippen LogP) is 5.20. The van der Waals surface area contributed by atoms with Crippen molar-refractivity contribution >= 4 is 23.5 Å². The van der Waals surface area contributed by atoms with Gasteiger partial charge in [-0.25, -0.2) is 0 Å². The molecule has 0 radical (unpaired) electrons. The minimum atomic E-state index is -0.441. The van der Waals surface area contributed by atoms with Gasteiger partial charge in [-0.15, -0.1) is 0 Å². The van der Waals surface area contributed by atoms with Crippen molar-refractivity contribution in [3.63, 3.8) is 0 Å². The SMILES string of the molecule is CC[C@H](NC(=O)COC(=O)[C@@H](c1ccc(Cl)cc1)C(C)C)c1ccc(C)cc1. The Balaban J connectivity index is 1.96. The van der Waals surface area contributed by atoms with Crippen LogP contribution in [0.15, 0.2) is 48.5 Å². The zero-order valence-corrected chi connectivity index (χ0v) is 17.6. The first-order valence-corrected chi connectivity index (χ1v) is 9.97. The monoisotopic (exact) mass is 401 g/mol. The molecule has 0 bridgehead atoms. The molecule has 2 atom stereocenters. The van der Waals surface area contributed by atoms with E-state index in [1.807, 2.05) is 64.1 Å². The van der Waals surface area contributed by atoms with Crippen LogP contribution in [0.4, 0.5) is 0 Å². The Morgan fingerprint density at radius 2 is 1.57 bits per heavy atom. The summed E-state index contributed by atoms with van der Waals surface area (Å²) >= 11 is 5.93. The molecule has 0 saturated carbocycles. The van der Waals surface area contributed by atoms with Crippen molar-refractivity contribution in [2.24, 2.45) is 5.92 Å². The van der Waals surface area contributed by atoms with Gasteiger partial charge in [0.1, 0.15) is 0 Å². The first-order valence-electron chi connectivity index (χ1n) is 9.59. The molecule has 2 aromatic rings. The third kappa shape index (κ3) is 6.10. The maximum atomic E-state index is 12.6. The van der Waals surface area contributed by atoms with Gasteiger partial charge in [-0.05, 0) is 42.5 Å². The number of esters is 1. The van der Waals surface area contributed by atoms with Crippen molar-refractivity contribution in [3.8, 4) is 0 Å². The average molecular weight is 402 g/mol. The summed E-state index contributed by atoms with van der Waals surface area (Å²) in [5.41, 5.74) is 3.03. The highest BCUT2D eigenvalue weighted by Gasteiger charge is 2.26. The molecular weight excluding hydrogens is 374 g/mol. The largest absolute Gasteiger partial charge is 0.455 e. The molecule has 4 nitrogen and oxygen atoms in total. The summed E-state index contributed by atoms with van der Waals surface area (Å²) in [7, 11) is 0. The van der Waals surface area contributed by atoms with E-state index in [2.05, 4.69) is 5.32 Å². The second-order valence-electron chi connectivity index (χ2n) is 7.32. The molecule has 5 heteroatoms. The Morgan fingerprint density at radius 1 is 1.00 bits per heavy atom. The van der Waals surface area contributed by atoms with E-state index in [-0.39, 0.29) is 24.5 Å². The fraction of sp³-hybridized carbons (Fsp3) is 0.391. The molecule has 1 amide bonds. The van der Waals surface area contributed by atoms with E-state index in [0.29, 0.717) is 5.02 Å². The normalized spacial score (nSPS) is 13.1. The maximum absolute atomic E-state index is 12.6. The van der Waals surface area contributed by atoms with Gasteiger partial charge in [-0.3, -0.25) is 9.59 Å². The lowest BCUT2D eigenvalue weighted by Gasteiger charge is -2.21. The van der Waals surface area contributed by atoms with Crippen molar-refractivity contribution in [3.05, 3.63) is 70.2 Å². The summed E-state index contributed by atoms with van der Waals surface area (Å²) < 4.78 is 5.33. The second kappa shape index (κ2) is 10.3. The molecule has 28 heavy (non-hydrogen) atoms. The molecule has 0 fully saturated rings. The Kier molecular flexibility index (Phi) is 8.06. The number of aryl methyl sites for hydroxylation is 1. The Bertz CT molecular complexity index is 784. The van der Waals surface area contributed by atoms with Gasteiger partial charge in [-0.2, -0.15) is 0 Å². The third-order valence-electron chi connectivity index (χ3n) is 4.72. The zero-order chi connectivity index (χ0) is 20.7. The number of carbonyl (C=O) groups excluding carboxylic acids is 2. The molecule has 150 valence electrons. The molecule has 0 spiro atoms. The quantitative estimate of drug-likeness (QED) is 0.618. The molecule has 0 aliphatic carbocycles. The Labute approximate surface area is 172 Å². The van der Waals surface area contributed by atoms with Crippen LogP contribution in [0.1, 0.15) is 55.8 Å². The van der Waals surface area contributed by atoms with E-state index in [4.69, 9.17) is 16.3 Å². The van der Waals surface area contributed by atoms with Gasteiger partial charge in [0.2, 0.25) is 0 Å². The van der Waals surface area contributed by atoms with Crippen LogP contribution in [0.25, 0.3) is 0 Å². The number of benzene rings is 2. The molecule has 0 unspecified atom stereocenters. The number of amides is 1. The predicted molar refractivity (Wildman–Crippen MR) is 112 cm³/mol. The minimum absolute atomic E-state index is 0.0349. The highest BCUT2D eigenvalue weighted by atomic mass is 35.5. The molecule has 0 saturated heterocycles. The van der Waals surface area contributed by atoms with E-state index in [0.717, 1.165) is 17.5 Å². The summed E-state index contributed by atoms with van der Waals surface area (Å²) in [5, 5.41) is 3.55. The lowest BCUT2D eigenvalue weighted by Crippen LogP contribution is -2.33. The molecule has 0 heterocycles. The second-order valence-corrected chi connectivity index (χ2v) is 7.76. The van der Waals surface area contributed by atoms with Gasteiger partial charge in [-0.1, -0.05) is 74.3 Å². The summed E-state index contributed by atoms with van der Waals surface area (Å²) in [5.74, 6) is -1.12. The summed E-state index contributed by atoms with van der Waals surface area (Å²) in [4.78, 5) is 24.9. The van der Waals surface area contributed by atoms with Crippen molar-refractivity contribution in [1.29, 1.82) is 0 Å². The summed E-state index contributed by atoms with van der Waals surface area (Å²) in [6, 6.07) is 15.1. The fourth-order valence-corrected chi connectivity index (χ4v) is 3.27. The highest BCUT2D eigenvalue weighted by Crippen LogP contribution is 2.27. The molecule has 2 rings (SSSR count). The summed E-state index contributed by atoms with van der Waals surface area (Å²) in [6.07, 6.45) is 0.752. The van der Waals surface area contributed by atoms with E-state index >= 15 is 0 Å². The lowest BCUT2D eigenvalue weighted by atomic mass is 9.88. The third-order valence-corrected chi connectivity index (χ3v) is 4.97. The summed E-state index contributed by atoms with van der Waals surface area (Å²) in [6.45, 7) is 7.63. The van der Waals surface area contributed by atoms with Gasteiger partial charge < -0.3 is 10.1 Å². The van der Waals surface area contributed by atoms with E-state index in [1.54, 1.807) is 12.1 Å². The smallest absolute Gasteiger partial charge is 0.314 e. The number of carbonyl (C=O) groups is 2. The first kappa shape index (κ1) is 22.0. The minimum Gasteiger partial charge on any atom is -0.455 e. The standard InChI is InChI=1S/C23H28ClNO3/c1-5-20(17-8-6-16(4)7-9-17)25-21(26)14-28-23(27)22(15(2)3)18-10-12-19(24)13-11-18/h6-13,15,20,22H,5,14H2,1-4H3,(H,25,26)/t20-,22+/m0/s1. The molecule has 1 N–H and O–H groups in total. The van der Waals surface area contributed by atoms with Crippen LogP contribution in [0.3, 0.4) is 0 Å². The topological polar surface area (TPSA) is 55.4 Å². The van der Waals surface area contributed by atoms with E-state index in [1.165, 1.54) is 5.56 Å². The molecule has 0 aliphatic heterocycles. The van der Waals surface area contributed by atoms with Crippen LogP contribution in [0.2, 0.25) is 5.02 Å². The number of nitrogens with one attached hydrogen (secondary N) is 1. The van der Waals surface area contributed by atoms with Crippen molar-refractivity contribution in [2.45, 2.75) is 46.1 Å². The number of rotatable bonds is 8. The lowest BCUT2D eigenvalue weighted by molar-refractivity contribution is -0.151. The van der Waals surface area contributed by atoms with E-state index in [9.17, 15) is 9.59 Å². The number of ether oxygens (including phenoxy) is 1. The fourth-order valence-electron chi connectivity index (χ4n) is 3.15. The van der Waals surface area contributed by atoms with Crippen LogP contribution in [-0.4, -0.2) is 18.5 Å². The maximum Gasteiger partial charge on any atom is 0.314 e. The van der Waals surface area contributed by atoms with Gasteiger partial charge >= 0.3 is 5.97 Å². The number of hydrogen-bond acceptors (Lipinski definition) is 3. The van der Waals surface area contributed by atoms with Gasteiger partial charge in [0, 0.05) is 5.02 Å². The zero-order valence-electron chi connectivity index (χ0n) is 16.9. The van der Waals surface area contributed by atoms with Crippen molar-refractivity contribution in [2.75, 3.05) is 6.61 Å². The molecular formula is C23H28ClNO3. The van der Waals surface area contributed by atoms with Crippen LogP contribution >= 0.6 is 11.6 Å². The van der Waals surface area contributed by atoms with Crippen molar-refractivity contribution in [1.82, 2.24) is 5.32 Å². The number of hydrogen-bond donors (Lipinski definition) is 1. The Morgan fingerprint density at radius 3 is 2.11 bits per heavy atom. The molecule has 0 aliphatic rings. The highest BCUT2D eigenvalue weighted by molar-refractivity contribution is 6.30. The molecule has 0 aromatic heterocycles. The van der Waals surface area contributed by atoms with Crippen LogP contribution in [-0.2, 0) is 14.3 Å². The van der Waals surface area contributed by atoms with Gasteiger partial charge in [0.25, 0.3) is 5.91 Å².